The average Bonchev–Trinajstić information content (AvgIpc) is 2.33. The first-order valence-electron chi connectivity index (χ1n) is 3.29. The summed E-state index contributed by atoms with van der Waals surface area (Å²) in [6.07, 6.45) is 6.76. The molecule has 0 radical (unpaired) electrons. The number of aromatic nitrogens is 1. The van der Waals surface area contributed by atoms with Crippen molar-refractivity contribution in [3.8, 4) is 0 Å². The van der Waals surface area contributed by atoms with Crippen molar-refractivity contribution in [1.82, 2.24) is 4.89 Å². The summed E-state index contributed by atoms with van der Waals surface area (Å²) in [5, 5.41) is 0. The van der Waals surface area contributed by atoms with Crippen molar-refractivity contribution in [1.29, 1.82) is 0 Å². The third-order valence-corrected chi connectivity index (χ3v) is 1.73. The molecule has 2 rings (SSSR count). The molecule has 0 unspecified atom stereocenters. The molecule has 9 heavy (non-hydrogen) atoms. The van der Waals surface area contributed by atoms with Gasteiger partial charge < -0.3 is 0 Å². The topological polar surface area (TPSA) is 15.8 Å². The fourth-order valence-corrected chi connectivity index (χ4v) is 1.23. The maximum absolute atomic E-state index is 3.17. The summed E-state index contributed by atoms with van der Waals surface area (Å²) in [6, 6.07) is 0. The van der Waals surface area contributed by atoms with Gasteiger partial charge in [-0.2, -0.15) is 0 Å². The molecule has 0 fully saturated rings. The van der Waals surface area contributed by atoms with Gasteiger partial charge in [-0.25, -0.2) is 0 Å². The van der Waals surface area contributed by atoms with Crippen molar-refractivity contribution in [2.45, 2.75) is 12.8 Å². The van der Waals surface area contributed by atoms with Gasteiger partial charge in [0.05, 0.1) is 0 Å². The van der Waals surface area contributed by atoms with E-state index in [0.717, 1.165) is 0 Å². The second kappa shape index (κ2) is 1.87. The van der Waals surface area contributed by atoms with E-state index in [1.54, 1.807) is 0 Å². The predicted octanol–water partition coefficient (Wildman–Crippen LogP) is 1.31. The summed E-state index contributed by atoms with van der Waals surface area (Å²) >= 11 is 0. The van der Waals surface area contributed by atoms with E-state index in [0.29, 0.717) is 0 Å². The average molecular weight is 117 g/mol. The minimum atomic E-state index is 1.20. The number of nitrogens with one attached hydrogen (secondary N) is 1. The molecular formula is C7H8BN. The van der Waals surface area contributed by atoms with Crippen LogP contribution in [-0.2, 0) is 6.42 Å². The SMILES string of the molecule is b1cc2c([nH]1)C=CCC2. The number of aromatic amines is 1. The number of aryl methyl sites for hydroxylation is 1. The van der Waals surface area contributed by atoms with Crippen molar-refractivity contribution < 1.29 is 0 Å². The van der Waals surface area contributed by atoms with Gasteiger partial charge in [-0.1, -0.05) is 0 Å². The van der Waals surface area contributed by atoms with E-state index >= 15 is 0 Å². The fourth-order valence-electron chi connectivity index (χ4n) is 1.23. The molecule has 1 aliphatic carbocycles. The van der Waals surface area contributed by atoms with E-state index in [2.05, 4.69) is 23.0 Å². The Labute approximate surface area is 55.0 Å². The van der Waals surface area contributed by atoms with Gasteiger partial charge in [0.15, 0.2) is 0 Å². The Bertz CT molecular complexity index is 237. The van der Waals surface area contributed by atoms with E-state index in [1.165, 1.54) is 24.1 Å². The molecule has 1 heterocycles. The predicted molar refractivity (Wildman–Crippen MR) is 39.5 cm³/mol. The summed E-state index contributed by atoms with van der Waals surface area (Å²) < 4.78 is 0. The number of allylic oxidation sites excluding steroid dienone is 1. The van der Waals surface area contributed by atoms with Crippen molar-refractivity contribution in [2.24, 2.45) is 0 Å². The van der Waals surface area contributed by atoms with Crippen LogP contribution in [0.15, 0.2) is 12.0 Å². The zero-order valence-electron chi connectivity index (χ0n) is 5.22. The number of H-pyrrole nitrogens is 1. The quantitative estimate of drug-likeness (QED) is 0.527. The number of fused-ring (bicyclic) bond motifs is 1. The second-order valence-electron chi connectivity index (χ2n) is 2.36. The number of hydrogen-bond acceptors (Lipinski definition) is 0. The van der Waals surface area contributed by atoms with Gasteiger partial charge in [0, 0.05) is 0 Å². The van der Waals surface area contributed by atoms with Gasteiger partial charge in [-0.3, -0.25) is 0 Å². The summed E-state index contributed by atoms with van der Waals surface area (Å²) in [5.41, 5.74) is 2.75. The molecule has 0 saturated carbocycles. The minimum absolute atomic E-state index is 1.20. The van der Waals surface area contributed by atoms with Crippen LogP contribution in [0.1, 0.15) is 17.7 Å². The van der Waals surface area contributed by atoms with E-state index in [-0.39, 0.29) is 0 Å². The Morgan fingerprint density at radius 1 is 1.56 bits per heavy atom. The number of rotatable bonds is 0. The molecule has 0 atom stereocenters. The molecule has 0 amide bonds. The Hall–Kier alpha value is -0.785. The summed E-state index contributed by atoms with van der Waals surface area (Å²) in [5.74, 6) is 2.15. The van der Waals surface area contributed by atoms with E-state index in [4.69, 9.17) is 0 Å². The monoisotopic (exact) mass is 117 g/mol. The molecular weight excluding hydrogens is 109 g/mol. The van der Waals surface area contributed by atoms with Gasteiger partial charge in [0.25, 0.3) is 0 Å². The summed E-state index contributed by atoms with van der Waals surface area (Å²) in [4.78, 5) is 3.17. The van der Waals surface area contributed by atoms with Crippen LogP contribution in [0.3, 0.4) is 0 Å². The van der Waals surface area contributed by atoms with Gasteiger partial charge in [0.2, 0.25) is 0 Å². The third kappa shape index (κ3) is 0.746. The molecule has 0 spiro atoms. The van der Waals surface area contributed by atoms with Gasteiger partial charge in [-0.05, 0) is 0 Å². The van der Waals surface area contributed by atoms with Gasteiger partial charge in [-0.15, -0.1) is 0 Å². The Morgan fingerprint density at radius 3 is 3.44 bits per heavy atom. The zero-order chi connectivity index (χ0) is 6.10. The summed E-state index contributed by atoms with van der Waals surface area (Å²) in [6.45, 7) is 0. The van der Waals surface area contributed by atoms with Crippen molar-refractivity contribution in [3.05, 3.63) is 23.3 Å². The molecule has 2 heteroatoms. The van der Waals surface area contributed by atoms with Crippen molar-refractivity contribution in [3.63, 3.8) is 0 Å². The van der Waals surface area contributed by atoms with Crippen LogP contribution in [0, 0.1) is 0 Å². The van der Waals surface area contributed by atoms with Gasteiger partial charge >= 0.3 is 54.2 Å². The first-order valence-corrected chi connectivity index (χ1v) is 3.29. The van der Waals surface area contributed by atoms with Crippen LogP contribution in [-0.4, -0.2) is 11.9 Å². The molecule has 0 aromatic carbocycles. The molecule has 1 aromatic rings. The molecule has 1 aromatic heterocycles. The summed E-state index contributed by atoms with van der Waals surface area (Å²) in [7, 11) is 2.00. The molecule has 0 aliphatic heterocycles. The molecule has 0 bridgehead atoms. The molecule has 1 N–H and O–H groups in total. The fraction of sp³-hybridized carbons (Fsp3) is 0.286. The van der Waals surface area contributed by atoms with Crippen LogP contribution < -0.4 is 0 Å². The molecule has 1 aliphatic rings. The van der Waals surface area contributed by atoms with Gasteiger partial charge in [0.1, 0.15) is 0 Å². The Balaban J connectivity index is 2.53. The van der Waals surface area contributed by atoms with Crippen molar-refractivity contribution >= 4 is 13.1 Å². The van der Waals surface area contributed by atoms with Crippen LogP contribution >= 0.6 is 0 Å². The second-order valence-corrected chi connectivity index (χ2v) is 2.36. The van der Waals surface area contributed by atoms with Crippen LogP contribution in [0.5, 0.6) is 0 Å². The molecule has 0 saturated heterocycles. The Morgan fingerprint density at radius 2 is 2.56 bits per heavy atom. The first kappa shape index (κ1) is 5.04. The van der Waals surface area contributed by atoms with Crippen LogP contribution in [0.25, 0.3) is 6.08 Å². The molecule has 1 nitrogen and oxygen atoms in total. The van der Waals surface area contributed by atoms with Crippen LogP contribution in [0.4, 0.5) is 0 Å². The molecule has 44 valence electrons. The van der Waals surface area contributed by atoms with E-state index < -0.39 is 0 Å². The van der Waals surface area contributed by atoms with E-state index in [9.17, 15) is 0 Å². The third-order valence-electron chi connectivity index (χ3n) is 1.73. The number of hydrogen-bond donors (Lipinski definition) is 1. The Kier molecular flexibility index (Phi) is 1.05. The van der Waals surface area contributed by atoms with Crippen LogP contribution in [0.2, 0.25) is 0 Å². The van der Waals surface area contributed by atoms with E-state index in [1.807, 2.05) is 7.05 Å². The first-order chi connectivity index (χ1) is 4.47. The zero-order valence-corrected chi connectivity index (χ0v) is 5.22. The normalized spacial score (nSPS) is 15.1. The standard InChI is InChI=1S/C7H8BN/c1-2-4-7-6(3-1)5-8-9-7/h2,4-5,9H,1,3H2. The van der Waals surface area contributed by atoms with Crippen molar-refractivity contribution in [2.75, 3.05) is 0 Å². The maximum atomic E-state index is 3.17.